The highest BCUT2D eigenvalue weighted by Gasteiger charge is 2.24. The van der Waals surface area contributed by atoms with E-state index in [0.717, 1.165) is 0 Å². The number of aromatic amines is 1. The molecule has 2 amide bonds. The fraction of sp³-hybridized carbons (Fsp3) is 0.400. The monoisotopic (exact) mass is 477 g/mol. The largest absolute Gasteiger partial charge is 0.371 e. The first-order valence-corrected chi connectivity index (χ1v) is 10.4. The molecule has 0 spiro atoms. The Morgan fingerprint density at radius 3 is 2.56 bits per heavy atom. The van der Waals surface area contributed by atoms with Crippen LogP contribution in [0.3, 0.4) is 0 Å². The van der Waals surface area contributed by atoms with Crippen LogP contribution in [0.25, 0.3) is 0 Å². The molecule has 1 aliphatic rings. The van der Waals surface area contributed by atoms with Gasteiger partial charge in [0.15, 0.2) is 18.4 Å². The summed E-state index contributed by atoms with van der Waals surface area (Å²) < 4.78 is 0. The summed E-state index contributed by atoms with van der Waals surface area (Å²) in [4.78, 5) is 44.1. The number of H-pyrrole nitrogens is 1. The number of amides is 2. The van der Waals surface area contributed by atoms with Gasteiger partial charge >= 0.3 is 0 Å². The first-order valence-electron chi connectivity index (χ1n) is 10.4. The van der Waals surface area contributed by atoms with Gasteiger partial charge < -0.3 is 47.0 Å². The molecular formula is C20H27N7O7. The van der Waals surface area contributed by atoms with Crippen LogP contribution in [0.4, 0.5) is 23.1 Å². The lowest BCUT2D eigenvalue weighted by Gasteiger charge is -2.30. The first-order chi connectivity index (χ1) is 16.2. The van der Waals surface area contributed by atoms with Gasteiger partial charge in [-0.2, -0.15) is 4.98 Å². The quantitative estimate of drug-likeness (QED) is 0.131. The number of nitrogens with one attached hydrogen (secondary N) is 4. The predicted molar refractivity (Wildman–Crippen MR) is 122 cm³/mol. The zero-order chi connectivity index (χ0) is 24.8. The Morgan fingerprint density at radius 1 is 1.24 bits per heavy atom. The topological polar surface area (TPSA) is 226 Å². The number of fused-ring (bicyclic) bond motifs is 1. The minimum atomic E-state index is -1.88. The number of rotatable bonds is 10. The molecular weight excluding hydrogens is 450 g/mol. The molecule has 3 rings (SSSR count). The van der Waals surface area contributed by atoms with Crippen LogP contribution in [-0.2, 0) is 4.79 Å². The number of anilines is 4. The highest BCUT2D eigenvalue weighted by atomic mass is 16.5. The van der Waals surface area contributed by atoms with Crippen molar-refractivity contribution in [2.45, 2.75) is 37.5 Å². The Hall–Kier alpha value is -3.72. The minimum Gasteiger partial charge on any atom is -0.371 e. The van der Waals surface area contributed by atoms with E-state index in [0.29, 0.717) is 24.5 Å². The summed E-state index contributed by atoms with van der Waals surface area (Å²) in [5.74, 6) is -0.290. The Kier molecular flexibility index (Phi) is 8.01. The van der Waals surface area contributed by atoms with E-state index in [9.17, 15) is 24.6 Å². The highest BCUT2D eigenvalue weighted by molar-refractivity contribution is 5.95. The van der Waals surface area contributed by atoms with E-state index < -0.39 is 30.1 Å². The lowest BCUT2D eigenvalue weighted by molar-refractivity contribution is -0.107. The first kappa shape index (κ1) is 24.9. The molecule has 1 aromatic carbocycles. The van der Waals surface area contributed by atoms with E-state index >= 15 is 0 Å². The van der Waals surface area contributed by atoms with Crippen LogP contribution in [0.15, 0.2) is 29.1 Å². The predicted octanol–water partition coefficient (Wildman–Crippen LogP) is -2.28. The summed E-state index contributed by atoms with van der Waals surface area (Å²) in [6, 6.07) is 4.60. The van der Waals surface area contributed by atoms with Crippen molar-refractivity contribution in [3.05, 3.63) is 40.2 Å². The van der Waals surface area contributed by atoms with Gasteiger partial charge in [0, 0.05) is 30.8 Å². The molecule has 0 saturated carbocycles. The molecule has 184 valence electrons. The number of nitrogen functional groups attached to an aromatic ring is 1. The summed E-state index contributed by atoms with van der Waals surface area (Å²) in [6.45, 7) is 0.578. The Balaban J connectivity index is 1.64. The number of nitrogens with two attached hydrogens (primary N) is 1. The van der Waals surface area contributed by atoms with Gasteiger partial charge in [0.1, 0.15) is 5.69 Å². The van der Waals surface area contributed by atoms with Gasteiger partial charge in [-0.15, -0.1) is 0 Å². The van der Waals surface area contributed by atoms with Crippen molar-refractivity contribution < 1.29 is 30.0 Å². The number of benzene rings is 1. The number of aromatic nitrogens is 2. The third-order valence-corrected chi connectivity index (χ3v) is 5.22. The molecule has 0 bridgehead atoms. The van der Waals surface area contributed by atoms with Crippen LogP contribution < -0.4 is 32.1 Å². The number of aliphatic hydroxyl groups excluding tert-OH is 2. The van der Waals surface area contributed by atoms with E-state index in [1.54, 1.807) is 12.1 Å². The Labute approximate surface area is 193 Å². The van der Waals surface area contributed by atoms with E-state index in [4.69, 9.17) is 15.9 Å². The van der Waals surface area contributed by atoms with Crippen LogP contribution in [-0.4, -0.2) is 80.5 Å². The fourth-order valence-electron chi connectivity index (χ4n) is 3.46. The van der Waals surface area contributed by atoms with E-state index in [2.05, 4.69) is 25.9 Å². The summed E-state index contributed by atoms with van der Waals surface area (Å²) in [6.07, 6.45) is -3.11. The molecule has 1 aliphatic heterocycles. The summed E-state index contributed by atoms with van der Waals surface area (Å²) in [5, 5.41) is 45.2. The second-order valence-corrected chi connectivity index (χ2v) is 7.75. The van der Waals surface area contributed by atoms with Crippen molar-refractivity contribution in [1.29, 1.82) is 0 Å². The molecule has 34 heavy (non-hydrogen) atoms. The number of hydrogen-bond donors (Lipinski definition) is 9. The molecule has 2 heterocycles. The molecule has 14 heteroatoms. The molecule has 10 N–H and O–H groups in total. The van der Waals surface area contributed by atoms with E-state index in [1.165, 1.54) is 17.0 Å². The number of carbonyl (C=O) groups excluding carboxylic acids is 2. The summed E-state index contributed by atoms with van der Waals surface area (Å²) >= 11 is 0. The van der Waals surface area contributed by atoms with Crippen molar-refractivity contribution in [2.75, 3.05) is 34.4 Å². The maximum atomic E-state index is 12.4. The zero-order valence-electron chi connectivity index (χ0n) is 18.0. The lowest BCUT2D eigenvalue weighted by Crippen LogP contribution is -2.45. The SMILES string of the molecule is Nc1nc2c(c(=O)[nH]1)N[C@@H](CN(C=O)c1ccc(C(=O)N[C@@H](CCC(O)O)C(O)O)cc1)CN2. The maximum Gasteiger partial charge on any atom is 0.277 e. The zero-order valence-corrected chi connectivity index (χ0v) is 18.0. The van der Waals surface area contributed by atoms with Crippen molar-refractivity contribution in [1.82, 2.24) is 15.3 Å². The van der Waals surface area contributed by atoms with Gasteiger partial charge in [0.2, 0.25) is 12.4 Å². The van der Waals surface area contributed by atoms with Crippen molar-refractivity contribution in [3.63, 3.8) is 0 Å². The smallest absolute Gasteiger partial charge is 0.277 e. The lowest BCUT2D eigenvalue weighted by atomic mass is 10.1. The average Bonchev–Trinajstić information content (AvgIpc) is 2.80. The van der Waals surface area contributed by atoms with Crippen LogP contribution in [0.5, 0.6) is 0 Å². The second kappa shape index (κ2) is 10.9. The molecule has 0 fully saturated rings. The minimum absolute atomic E-state index is 0.0130. The average molecular weight is 477 g/mol. The van der Waals surface area contributed by atoms with Crippen LogP contribution >= 0.6 is 0 Å². The van der Waals surface area contributed by atoms with Gasteiger partial charge in [-0.05, 0) is 30.7 Å². The third-order valence-electron chi connectivity index (χ3n) is 5.22. The number of carbonyl (C=O) groups is 2. The number of hydrogen-bond acceptors (Lipinski definition) is 11. The Morgan fingerprint density at radius 2 is 1.94 bits per heavy atom. The number of nitrogens with zero attached hydrogens (tertiary/aromatic N) is 2. The fourth-order valence-corrected chi connectivity index (χ4v) is 3.46. The Bertz CT molecular complexity index is 1060. The van der Waals surface area contributed by atoms with Crippen molar-refractivity contribution in [3.8, 4) is 0 Å². The van der Waals surface area contributed by atoms with E-state index in [1.807, 2.05) is 0 Å². The standard InChI is InChI=1S/C20H27N7O7/c21-20-25-16-15(18(32)26-20)23-11(7-22-16)8-27(9-28)12-3-1-10(2-4-12)17(31)24-13(19(33)34)5-6-14(29)30/h1-4,9,11,13-14,19,23,29-30,33-34H,5-8H2,(H,24,31)(H4,21,22,25,26,32)/t11-,13+/m1/s1. The van der Waals surface area contributed by atoms with Gasteiger partial charge in [0.25, 0.3) is 11.5 Å². The summed E-state index contributed by atoms with van der Waals surface area (Å²) in [7, 11) is 0. The third kappa shape index (κ3) is 6.20. The van der Waals surface area contributed by atoms with Crippen LogP contribution in [0.1, 0.15) is 23.2 Å². The highest BCUT2D eigenvalue weighted by Crippen LogP contribution is 2.22. The van der Waals surface area contributed by atoms with Gasteiger partial charge in [-0.3, -0.25) is 19.4 Å². The summed E-state index contributed by atoms with van der Waals surface area (Å²) in [5.41, 5.74) is 6.01. The van der Waals surface area contributed by atoms with Crippen molar-refractivity contribution >= 4 is 35.5 Å². The molecule has 2 atom stereocenters. The van der Waals surface area contributed by atoms with Crippen LogP contribution in [0, 0.1) is 0 Å². The maximum absolute atomic E-state index is 12.4. The van der Waals surface area contributed by atoms with Gasteiger partial charge in [-0.25, -0.2) is 0 Å². The van der Waals surface area contributed by atoms with Crippen molar-refractivity contribution in [2.24, 2.45) is 0 Å². The van der Waals surface area contributed by atoms with Gasteiger partial charge in [0.05, 0.1) is 12.1 Å². The molecule has 0 saturated heterocycles. The second-order valence-electron chi connectivity index (χ2n) is 7.75. The van der Waals surface area contributed by atoms with Gasteiger partial charge in [-0.1, -0.05) is 0 Å². The molecule has 0 radical (unpaired) electrons. The van der Waals surface area contributed by atoms with E-state index in [-0.39, 0.29) is 42.6 Å². The van der Waals surface area contributed by atoms with Crippen LogP contribution in [0.2, 0.25) is 0 Å². The molecule has 0 unspecified atom stereocenters. The molecule has 2 aromatic rings. The molecule has 0 aliphatic carbocycles. The normalized spacial score (nSPS) is 15.8. The molecule has 14 nitrogen and oxygen atoms in total. The number of aliphatic hydroxyl groups is 4. The molecule has 1 aromatic heterocycles.